The molecule has 162 valence electrons. The van der Waals surface area contributed by atoms with Gasteiger partial charge in [-0.15, -0.1) is 0 Å². The van der Waals surface area contributed by atoms with Crippen LogP contribution in [0.5, 0.6) is 5.75 Å². The van der Waals surface area contributed by atoms with Gasteiger partial charge in [-0.05, 0) is 82.9 Å². The number of halogens is 1. The van der Waals surface area contributed by atoms with Gasteiger partial charge in [0.15, 0.2) is 4.96 Å². The quantitative estimate of drug-likeness (QED) is 0.326. The van der Waals surface area contributed by atoms with Gasteiger partial charge < -0.3 is 4.74 Å². The van der Waals surface area contributed by atoms with Gasteiger partial charge in [0.2, 0.25) is 0 Å². The second kappa shape index (κ2) is 8.47. The Bertz CT molecular complexity index is 1700. The first kappa shape index (κ1) is 21.4. The smallest absolute Gasteiger partial charge is 0.274 e. The lowest BCUT2D eigenvalue weighted by Gasteiger charge is -2.10. The highest BCUT2D eigenvalue weighted by Crippen LogP contribution is 2.28. The van der Waals surface area contributed by atoms with Crippen LogP contribution in [0.3, 0.4) is 0 Å². The van der Waals surface area contributed by atoms with Crippen LogP contribution in [0.1, 0.15) is 27.8 Å². The molecule has 2 aromatic heterocycles. The fraction of sp³-hybridized carbons (Fsp3) is 0.115. The van der Waals surface area contributed by atoms with Crippen molar-refractivity contribution in [3.8, 4) is 11.8 Å². The van der Waals surface area contributed by atoms with Gasteiger partial charge in [-0.25, -0.2) is 9.38 Å². The van der Waals surface area contributed by atoms with Crippen molar-refractivity contribution in [3.05, 3.63) is 102 Å². The predicted octanol–water partition coefficient (Wildman–Crippen LogP) is 5.29. The van der Waals surface area contributed by atoms with E-state index in [1.165, 1.54) is 11.3 Å². The molecule has 0 amide bonds. The average Bonchev–Trinajstić information content (AvgIpc) is 3.29. The van der Waals surface area contributed by atoms with Crippen LogP contribution in [0.2, 0.25) is 0 Å². The molecule has 0 spiro atoms. The first-order valence-corrected chi connectivity index (χ1v) is 11.9. The highest BCUT2D eigenvalue weighted by Gasteiger charge is 2.13. The number of ether oxygens (including phenoxy) is 1. The first-order chi connectivity index (χ1) is 15.9. The Kier molecular flexibility index (Phi) is 5.49. The van der Waals surface area contributed by atoms with Crippen LogP contribution in [-0.4, -0.2) is 9.38 Å². The van der Waals surface area contributed by atoms with E-state index in [0.717, 1.165) is 37.8 Å². The largest absolute Gasteiger partial charge is 0.488 e. The Morgan fingerprint density at radius 3 is 2.73 bits per heavy atom. The summed E-state index contributed by atoms with van der Waals surface area (Å²) < 4.78 is 9.01. The minimum absolute atomic E-state index is 0.0645. The van der Waals surface area contributed by atoms with Crippen molar-refractivity contribution in [2.24, 2.45) is 0 Å². The molecule has 0 radical (unpaired) electrons. The van der Waals surface area contributed by atoms with Crippen molar-refractivity contribution in [2.45, 2.75) is 20.5 Å². The van der Waals surface area contributed by atoms with E-state index in [0.29, 0.717) is 27.4 Å². The average molecular weight is 516 g/mol. The molecule has 0 atom stereocenters. The van der Waals surface area contributed by atoms with Crippen LogP contribution in [0.15, 0.2) is 63.9 Å². The Morgan fingerprint density at radius 1 is 1.15 bits per heavy atom. The minimum atomic E-state index is -0.0645. The van der Waals surface area contributed by atoms with Crippen molar-refractivity contribution in [1.29, 1.82) is 5.26 Å². The molecule has 0 bridgehead atoms. The fourth-order valence-corrected chi connectivity index (χ4v) is 5.20. The Hall–Kier alpha value is -3.47. The van der Waals surface area contributed by atoms with Gasteiger partial charge in [-0.1, -0.05) is 35.6 Å². The molecule has 5 nitrogen and oxygen atoms in total. The summed E-state index contributed by atoms with van der Waals surface area (Å²) in [6.07, 6.45) is 1.87. The molecule has 0 unspecified atom stereocenters. The van der Waals surface area contributed by atoms with Crippen molar-refractivity contribution < 1.29 is 4.74 Å². The second-order valence-corrected chi connectivity index (χ2v) is 9.68. The Morgan fingerprint density at radius 2 is 1.94 bits per heavy atom. The lowest BCUT2D eigenvalue weighted by molar-refractivity contribution is 0.304. The number of rotatable bonds is 4. The zero-order valence-electron chi connectivity index (χ0n) is 17.9. The summed E-state index contributed by atoms with van der Waals surface area (Å²) in [7, 11) is 0. The van der Waals surface area contributed by atoms with Crippen LogP contribution in [-0.2, 0) is 6.61 Å². The van der Waals surface area contributed by atoms with Crippen molar-refractivity contribution >= 4 is 49.3 Å². The molecule has 0 saturated carbocycles. The normalized spacial score (nSPS) is 11.9. The van der Waals surface area contributed by atoms with E-state index < -0.39 is 0 Å². The molecule has 0 aliphatic heterocycles. The van der Waals surface area contributed by atoms with Gasteiger partial charge in [0, 0.05) is 5.56 Å². The van der Waals surface area contributed by atoms with Gasteiger partial charge in [-0.2, -0.15) is 5.26 Å². The molecular formula is C26H18BrN3O2S. The molecule has 0 saturated heterocycles. The van der Waals surface area contributed by atoms with E-state index >= 15 is 0 Å². The summed E-state index contributed by atoms with van der Waals surface area (Å²) in [4.78, 5) is 18.5. The van der Waals surface area contributed by atoms with Crippen LogP contribution in [0.4, 0.5) is 0 Å². The third-order valence-electron chi connectivity index (χ3n) is 5.63. The summed E-state index contributed by atoms with van der Waals surface area (Å²) in [5, 5.41) is 9.24. The van der Waals surface area contributed by atoms with Crippen LogP contribution >= 0.6 is 27.3 Å². The maximum atomic E-state index is 13.1. The second-order valence-electron chi connectivity index (χ2n) is 7.82. The van der Waals surface area contributed by atoms with Gasteiger partial charge in [0.1, 0.15) is 12.4 Å². The summed E-state index contributed by atoms with van der Waals surface area (Å²) >= 11 is 4.94. The molecule has 0 aliphatic rings. The summed E-state index contributed by atoms with van der Waals surface area (Å²) in [6.45, 7) is 4.38. The van der Waals surface area contributed by atoms with E-state index in [1.807, 2.05) is 68.5 Å². The number of benzene rings is 3. The molecule has 7 heteroatoms. The minimum Gasteiger partial charge on any atom is -0.488 e. The highest BCUT2D eigenvalue weighted by molar-refractivity contribution is 9.10. The maximum Gasteiger partial charge on any atom is 0.274 e. The summed E-state index contributed by atoms with van der Waals surface area (Å²) in [6, 6.07) is 19.3. The molecule has 2 heterocycles. The fourth-order valence-electron chi connectivity index (χ4n) is 3.70. The highest BCUT2D eigenvalue weighted by atomic mass is 79.9. The SMILES string of the molecule is Cc1cc2nc3s/c(=C\c4ccc(OCc5ccccc5C#N)c(Br)c4)c(=O)n3c2cc1C. The third-order valence-corrected chi connectivity index (χ3v) is 7.22. The number of aromatic nitrogens is 2. The van der Waals surface area contributed by atoms with E-state index in [2.05, 4.69) is 27.0 Å². The van der Waals surface area contributed by atoms with E-state index in [-0.39, 0.29) is 5.56 Å². The van der Waals surface area contributed by atoms with Crippen LogP contribution in [0, 0.1) is 25.2 Å². The van der Waals surface area contributed by atoms with E-state index in [9.17, 15) is 10.1 Å². The number of nitrogens with zero attached hydrogens (tertiary/aromatic N) is 3. The standard InChI is InChI=1S/C26H18BrN3O2S/c1-15-9-21-22(10-16(15)2)30-25(31)24(33-26(30)29-21)12-17-7-8-23(20(27)11-17)32-14-19-6-4-3-5-18(19)13-28/h3-12H,14H2,1-2H3/b24-12-. The number of nitriles is 1. The van der Waals surface area contributed by atoms with E-state index in [4.69, 9.17) is 4.74 Å². The predicted molar refractivity (Wildman–Crippen MR) is 135 cm³/mol. The maximum absolute atomic E-state index is 13.1. The lowest BCUT2D eigenvalue weighted by atomic mass is 10.1. The van der Waals surface area contributed by atoms with Gasteiger partial charge >= 0.3 is 0 Å². The van der Waals surface area contributed by atoms with Gasteiger partial charge in [-0.3, -0.25) is 4.79 Å². The number of imidazole rings is 1. The topological polar surface area (TPSA) is 67.4 Å². The third kappa shape index (κ3) is 3.92. The number of aryl methyl sites for hydroxylation is 2. The molecule has 0 N–H and O–H groups in total. The molecule has 5 rings (SSSR count). The van der Waals surface area contributed by atoms with Crippen molar-refractivity contribution in [1.82, 2.24) is 9.38 Å². The van der Waals surface area contributed by atoms with Crippen LogP contribution in [0.25, 0.3) is 22.1 Å². The number of thiazole rings is 1. The zero-order chi connectivity index (χ0) is 23.1. The van der Waals surface area contributed by atoms with Crippen molar-refractivity contribution in [3.63, 3.8) is 0 Å². The number of hydrogen-bond donors (Lipinski definition) is 0. The van der Waals surface area contributed by atoms with E-state index in [1.54, 1.807) is 10.5 Å². The Labute approximate surface area is 202 Å². The van der Waals surface area contributed by atoms with Gasteiger partial charge in [0.05, 0.1) is 31.7 Å². The number of fused-ring (bicyclic) bond motifs is 3. The lowest BCUT2D eigenvalue weighted by Crippen LogP contribution is -2.22. The first-order valence-electron chi connectivity index (χ1n) is 10.3. The molecule has 5 aromatic rings. The summed E-state index contributed by atoms with van der Waals surface area (Å²) in [5.41, 5.74) is 6.23. The Balaban J connectivity index is 1.46. The molecule has 33 heavy (non-hydrogen) atoms. The van der Waals surface area contributed by atoms with Crippen molar-refractivity contribution in [2.75, 3.05) is 0 Å². The molecule has 0 aliphatic carbocycles. The van der Waals surface area contributed by atoms with Crippen LogP contribution < -0.4 is 14.8 Å². The summed E-state index contributed by atoms with van der Waals surface area (Å²) in [5.74, 6) is 0.667. The monoisotopic (exact) mass is 515 g/mol. The molecule has 3 aromatic carbocycles. The molecule has 0 fully saturated rings. The van der Waals surface area contributed by atoms with Gasteiger partial charge in [0.25, 0.3) is 5.56 Å². The number of hydrogen-bond acceptors (Lipinski definition) is 5. The zero-order valence-corrected chi connectivity index (χ0v) is 20.3. The molecular weight excluding hydrogens is 498 g/mol.